The number of nitrogens with one attached hydrogen (secondary N) is 1. The van der Waals surface area contributed by atoms with Gasteiger partial charge in [0.15, 0.2) is 0 Å². The maximum Gasteiger partial charge on any atom is 0.244 e. The summed E-state index contributed by atoms with van der Waals surface area (Å²) in [6, 6.07) is 15.8. The highest BCUT2D eigenvalue weighted by Gasteiger charge is 2.33. The minimum absolute atomic E-state index is 0.197. The molecule has 0 heterocycles. The number of aryl methyl sites for hydroxylation is 1. The summed E-state index contributed by atoms with van der Waals surface area (Å²) in [5, 5.41) is 2.95. The van der Waals surface area contributed by atoms with Crippen LogP contribution in [-0.4, -0.2) is 49.5 Å². The second-order valence-corrected chi connectivity index (χ2v) is 11.4. The summed E-state index contributed by atoms with van der Waals surface area (Å²) in [4.78, 5) is 28.2. The van der Waals surface area contributed by atoms with Gasteiger partial charge in [-0.3, -0.25) is 13.9 Å². The molecule has 1 unspecified atom stereocenters. The molecular weight excluding hydrogens is 450 g/mol. The number of nitrogens with zero attached hydrogens (tertiary/aromatic N) is 2. The number of anilines is 1. The molecule has 0 fully saturated rings. The van der Waals surface area contributed by atoms with Crippen molar-refractivity contribution in [2.24, 2.45) is 0 Å². The van der Waals surface area contributed by atoms with E-state index in [1.54, 1.807) is 12.1 Å². The first-order valence-corrected chi connectivity index (χ1v) is 13.4. The number of carbonyl (C=O) groups is 2. The minimum Gasteiger partial charge on any atom is -0.350 e. The fraction of sp³-hybridized carbons (Fsp3) is 0.462. The lowest BCUT2D eigenvalue weighted by Crippen LogP contribution is -2.55. The van der Waals surface area contributed by atoms with Crippen LogP contribution in [0.5, 0.6) is 0 Å². The maximum absolute atomic E-state index is 13.6. The largest absolute Gasteiger partial charge is 0.350 e. The van der Waals surface area contributed by atoms with Crippen molar-refractivity contribution in [2.75, 3.05) is 17.1 Å². The smallest absolute Gasteiger partial charge is 0.244 e. The van der Waals surface area contributed by atoms with E-state index in [-0.39, 0.29) is 12.5 Å². The van der Waals surface area contributed by atoms with Crippen molar-refractivity contribution in [1.82, 2.24) is 10.2 Å². The second kappa shape index (κ2) is 11.5. The zero-order valence-electron chi connectivity index (χ0n) is 21.0. The van der Waals surface area contributed by atoms with Crippen molar-refractivity contribution < 1.29 is 18.0 Å². The number of hydrogen-bond acceptors (Lipinski definition) is 4. The summed E-state index contributed by atoms with van der Waals surface area (Å²) in [5.41, 5.74) is 1.88. The van der Waals surface area contributed by atoms with Crippen LogP contribution >= 0.6 is 0 Å². The molecule has 0 radical (unpaired) electrons. The van der Waals surface area contributed by atoms with Crippen LogP contribution in [0, 0.1) is 0 Å². The number of carbonyl (C=O) groups excluding carboxylic acids is 2. The normalized spacial score (nSPS) is 12.6. The lowest BCUT2D eigenvalue weighted by molar-refractivity contribution is -0.141. The van der Waals surface area contributed by atoms with Crippen molar-refractivity contribution in [2.45, 2.75) is 65.6 Å². The van der Waals surface area contributed by atoms with Gasteiger partial charge in [-0.25, -0.2) is 8.42 Å². The average molecular weight is 488 g/mol. The Morgan fingerprint density at radius 1 is 0.941 bits per heavy atom. The molecule has 0 aliphatic rings. The van der Waals surface area contributed by atoms with E-state index in [9.17, 15) is 18.0 Å². The standard InChI is InChI=1S/C26H37N3O4S/c1-7-20-14-16-22(17-15-20)29(34(6,32)33)19-24(30)28(18-21-12-10-9-11-13-21)23(8-2)25(31)27-26(3,4)5/h9-17,23H,7-8,18-19H2,1-6H3,(H,27,31). The van der Waals surface area contributed by atoms with Gasteiger partial charge in [0.1, 0.15) is 12.6 Å². The highest BCUT2D eigenvalue weighted by Crippen LogP contribution is 2.21. The Balaban J connectivity index is 2.42. The molecule has 8 heteroatoms. The third kappa shape index (κ3) is 7.87. The van der Waals surface area contributed by atoms with E-state index in [4.69, 9.17) is 0 Å². The molecule has 0 saturated heterocycles. The van der Waals surface area contributed by atoms with Gasteiger partial charge in [-0.1, -0.05) is 56.3 Å². The third-order valence-electron chi connectivity index (χ3n) is 5.39. The molecule has 186 valence electrons. The summed E-state index contributed by atoms with van der Waals surface area (Å²) in [7, 11) is -3.74. The van der Waals surface area contributed by atoms with Crippen LogP contribution in [0.1, 0.15) is 52.2 Å². The van der Waals surface area contributed by atoms with Gasteiger partial charge in [0, 0.05) is 12.1 Å². The molecule has 2 aromatic carbocycles. The van der Waals surface area contributed by atoms with Crippen molar-refractivity contribution in [3.8, 4) is 0 Å². The first kappa shape index (κ1) is 27.4. The van der Waals surface area contributed by atoms with Gasteiger partial charge >= 0.3 is 0 Å². The van der Waals surface area contributed by atoms with Gasteiger partial charge in [-0.05, 0) is 56.9 Å². The van der Waals surface area contributed by atoms with E-state index in [0.29, 0.717) is 12.1 Å². The van der Waals surface area contributed by atoms with Crippen molar-refractivity contribution in [1.29, 1.82) is 0 Å². The molecule has 0 aromatic heterocycles. The topological polar surface area (TPSA) is 86.8 Å². The highest BCUT2D eigenvalue weighted by atomic mass is 32.2. The monoisotopic (exact) mass is 487 g/mol. The van der Waals surface area contributed by atoms with Gasteiger partial charge in [-0.2, -0.15) is 0 Å². The number of amides is 2. The fourth-order valence-electron chi connectivity index (χ4n) is 3.66. The zero-order chi connectivity index (χ0) is 25.5. The molecule has 0 bridgehead atoms. The Morgan fingerprint density at radius 2 is 1.53 bits per heavy atom. The molecule has 0 aliphatic heterocycles. The molecule has 7 nitrogen and oxygen atoms in total. The van der Waals surface area contributed by atoms with Crippen LogP contribution in [-0.2, 0) is 32.6 Å². The minimum atomic E-state index is -3.74. The predicted molar refractivity (Wildman–Crippen MR) is 137 cm³/mol. The Hall–Kier alpha value is -2.87. The number of sulfonamides is 1. The van der Waals surface area contributed by atoms with Crippen molar-refractivity contribution >= 4 is 27.5 Å². The summed E-state index contributed by atoms with van der Waals surface area (Å²) >= 11 is 0. The Kier molecular flexibility index (Phi) is 9.27. The molecule has 1 atom stereocenters. The average Bonchev–Trinajstić information content (AvgIpc) is 2.76. The van der Waals surface area contributed by atoms with Crippen LogP contribution in [0.25, 0.3) is 0 Å². The number of rotatable bonds is 10. The summed E-state index contributed by atoms with van der Waals surface area (Å²) in [6.07, 6.45) is 2.30. The van der Waals surface area contributed by atoms with Crippen LogP contribution < -0.4 is 9.62 Å². The summed E-state index contributed by atoms with van der Waals surface area (Å²) in [6.45, 7) is 9.31. The van der Waals surface area contributed by atoms with E-state index < -0.39 is 34.1 Å². The zero-order valence-corrected chi connectivity index (χ0v) is 21.9. The Bertz CT molecular complexity index is 1060. The predicted octanol–water partition coefficient (Wildman–Crippen LogP) is 3.74. The molecular formula is C26H37N3O4S. The molecule has 2 rings (SSSR count). The van der Waals surface area contributed by atoms with Crippen LogP contribution in [0.4, 0.5) is 5.69 Å². The third-order valence-corrected chi connectivity index (χ3v) is 6.53. The van der Waals surface area contributed by atoms with Gasteiger partial charge in [0.05, 0.1) is 11.9 Å². The van der Waals surface area contributed by atoms with Crippen molar-refractivity contribution in [3.63, 3.8) is 0 Å². The van der Waals surface area contributed by atoms with Crippen LogP contribution in [0.2, 0.25) is 0 Å². The number of hydrogen-bond donors (Lipinski definition) is 1. The summed E-state index contributed by atoms with van der Waals surface area (Å²) in [5.74, 6) is -0.706. The lowest BCUT2D eigenvalue weighted by Gasteiger charge is -2.34. The Morgan fingerprint density at radius 3 is 2.00 bits per heavy atom. The van der Waals surface area contributed by atoms with Gasteiger partial charge < -0.3 is 10.2 Å². The lowest BCUT2D eigenvalue weighted by atomic mass is 10.1. The Labute approximate surface area is 204 Å². The number of benzene rings is 2. The van der Waals surface area contributed by atoms with Crippen LogP contribution in [0.3, 0.4) is 0 Å². The van der Waals surface area contributed by atoms with Crippen LogP contribution in [0.15, 0.2) is 54.6 Å². The molecule has 0 spiro atoms. The van der Waals surface area contributed by atoms with Crippen molar-refractivity contribution in [3.05, 3.63) is 65.7 Å². The van der Waals surface area contributed by atoms with E-state index in [2.05, 4.69) is 5.32 Å². The summed E-state index contributed by atoms with van der Waals surface area (Å²) < 4.78 is 26.4. The molecule has 2 aromatic rings. The molecule has 0 aliphatic carbocycles. The maximum atomic E-state index is 13.6. The molecule has 1 N–H and O–H groups in total. The fourth-order valence-corrected chi connectivity index (χ4v) is 4.51. The first-order chi connectivity index (χ1) is 15.9. The van der Waals surface area contributed by atoms with Gasteiger partial charge in [0.25, 0.3) is 0 Å². The highest BCUT2D eigenvalue weighted by molar-refractivity contribution is 7.92. The van der Waals surface area contributed by atoms with Gasteiger partial charge in [-0.15, -0.1) is 0 Å². The quantitative estimate of drug-likeness (QED) is 0.553. The van der Waals surface area contributed by atoms with E-state index >= 15 is 0 Å². The molecule has 34 heavy (non-hydrogen) atoms. The van der Waals surface area contributed by atoms with E-state index in [1.807, 2.05) is 77.1 Å². The van der Waals surface area contributed by atoms with Gasteiger partial charge in [0.2, 0.25) is 21.8 Å². The first-order valence-electron chi connectivity index (χ1n) is 11.6. The van der Waals surface area contributed by atoms with E-state index in [0.717, 1.165) is 28.1 Å². The SMILES string of the molecule is CCc1ccc(N(CC(=O)N(Cc2ccccc2)C(CC)C(=O)NC(C)(C)C)S(C)(=O)=O)cc1. The second-order valence-electron chi connectivity index (χ2n) is 9.46. The van der Waals surface area contributed by atoms with E-state index in [1.165, 1.54) is 4.90 Å². The molecule has 0 saturated carbocycles. The molecule has 2 amide bonds.